The van der Waals surface area contributed by atoms with Crippen molar-refractivity contribution in [2.24, 2.45) is 15.0 Å². The van der Waals surface area contributed by atoms with Gasteiger partial charge in [-0.2, -0.15) is 0 Å². The summed E-state index contributed by atoms with van der Waals surface area (Å²) in [5.74, 6) is 0.764. The zero-order valence-electron chi connectivity index (χ0n) is 9.20. The first-order chi connectivity index (χ1) is 8.26. The van der Waals surface area contributed by atoms with Gasteiger partial charge in [0.1, 0.15) is 5.69 Å². The van der Waals surface area contributed by atoms with Gasteiger partial charge in [0.25, 0.3) is 0 Å². The monoisotopic (exact) mass is 293 g/mol. The van der Waals surface area contributed by atoms with Crippen LogP contribution in [-0.2, 0) is 0 Å². The third-order valence-corrected chi connectivity index (χ3v) is 3.15. The van der Waals surface area contributed by atoms with Crippen LogP contribution >= 0.6 is 15.9 Å². The number of guanidine groups is 1. The summed E-state index contributed by atoms with van der Waals surface area (Å²) in [6.07, 6.45) is 0. The van der Waals surface area contributed by atoms with Crippen molar-refractivity contribution in [3.05, 3.63) is 16.6 Å². The van der Waals surface area contributed by atoms with Crippen molar-refractivity contribution < 1.29 is 0 Å². The van der Waals surface area contributed by atoms with Crippen molar-refractivity contribution in [3.8, 4) is 0 Å². The first-order valence-corrected chi connectivity index (χ1v) is 5.87. The van der Waals surface area contributed by atoms with E-state index in [-0.39, 0.29) is 0 Å². The summed E-state index contributed by atoms with van der Waals surface area (Å²) in [4.78, 5) is 12.1. The molecule has 0 amide bonds. The van der Waals surface area contributed by atoms with Crippen LogP contribution in [0.2, 0.25) is 0 Å². The molecule has 0 bridgehead atoms. The Labute approximate surface area is 108 Å². The summed E-state index contributed by atoms with van der Waals surface area (Å²) in [7, 11) is 0. The van der Waals surface area contributed by atoms with Crippen molar-refractivity contribution in [2.75, 3.05) is 18.4 Å². The molecule has 2 rings (SSSR count). The molecule has 1 aliphatic heterocycles. The zero-order chi connectivity index (χ0) is 12.3. The predicted molar refractivity (Wildman–Crippen MR) is 76.5 cm³/mol. The maximum Gasteiger partial charge on any atom is 0.195 e. The average Bonchev–Trinajstić information content (AvgIpc) is 2.84. The summed E-state index contributed by atoms with van der Waals surface area (Å²) in [6.45, 7) is 8.68. The number of nitrogens with zero attached hydrogens (tertiary/aromatic N) is 3. The SMILES string of the molecule is C=Nc1ccc(NC2=NCCN2)c(Br)c1N=C. The molecule has 5 nitrogen and oxygen atoms in total. The van der Waals surface area contributed by atoms with E-state index in [1.807, 2.05) is 12.1 Å². The fourth-order valence-corrected chi connectivity index (χ4v) is 2.10. The first-order valence-electron chi connectivity index (χ1n) is 5.07. The molecule has 0 fully saturated rings. The third-order valence-electron chi connectivity index (χ3n) is 2.35. The third kappa shape index (κ3) is 2.36. The van der Waals surface area contributed by atoms with Gasteiger partial charge in [-0.15, -0.1) is 0 Å². The standard InChI is InChI=1S/C11H12BrN5/c1-13-8-4-3-7(9(12)10(8)14-2)17-11-15-5-6-16-11/h3-4H,1-2,5-6H2,(H2,15,16,17). The van der Waals surface area contributed by atoms with E-state index in [0.717, 1.165) is 29.2 Å². The highest BCUT2D eigenvalue weighted by molar-refractivity contribution is 9.10. The highest BCUT2D eigenvalue weighted by Gasteiger charge is 2.12. The lowest BCUT2D eigenvalue weighted by molar-refractivity contribution is 0.959. The van der Waals surface area contributed by atoms with E-state index in [0.29, 0.717) is 11.4 Å². The molecule has 1 aliphatic rings. The van der Waals surface area contributed by atoms with Gasteiger partial charge in [-0.25, -0.2) is 0 Å². The molecule has 2 N–H and O–H groups in total. The molecule has 0 aromatic heterocycles. The van der Waals surface area contributed by atoms with Crippen LogP contribution in [0, 0.1) is 0 Å². The number of anilines is 1. The zero-order valence-corrected chi connectivity index (χ0v) is 10.8. The lowest BCUT2D eigenvalue weighted by atomic mass is 10.2. The normalized spacial score (nSPS) is 13.8. The van der Waals surface area contributed by atoms with Crippen LogP contribution in [0.1, 0.15) is 0 Å². The molecule has 17 heavy (non-hydrogen) atoms. The summed E-state index contributed by atoms with van der Waals surface area (Å²) >= 11 is 3.47. The molecular weight excluding hydrogens is 282 g/mol. The van der Waals surface area contributed by atoms with Gasteiger partial charge in [-0.3, -0.25) is 15.0 Å². The predicted octanol–water partition coefficient (Wildman–Crippen LogP) is 2.48. The van der Waals surface area contributed by atoms with Crippen LogP contribution < -0.4 is 10.6 Å². The van der Waals surface area contributed by atoms with Gasteiger partial charge in [0.15, 0.2) is 5.96 Å². The van der Waals surface area contributed by atoms with Gasteiger partial charge in [0, 0.05) is 6.54 Å². The Kier molecular flexibility index (Phi) is 3.53. The Morgan fingerprint density at radius 1 is 1.35 bits per heavy atom. The van der Waals surface area contributed by atoms with Crippen LogP contribution in [0.3, 0.4) is 0 Å². The Morgan fingerprint density at radius 3 is 2.76 bits per heavy atom. The highest BCUT2D eigenvalue weighted by atomic mass is 79.9. The minimum atomic E-state index is 0.670. The highest BCUT2D eigenvalue weighted by Crippen LogP contribution is 2.40. The van der Waals surface area contributed by atoms with E-state index in [4.69, 9.17) is 0 Å². The number of halogens is 1. The van der Waals surface area contributed by atoms with E-state index < -0.39 is 0 Å². The van der Waals surface area contributed by atoms with E-state index in [1.54, 1.807) is 0 Å². The topological polar surface area (TPSA) is 61.1 Å². The van der Waals surface area contributed by atoms with Crippen molar-refractivity contribution in [1.29, 1.82) is 0 Å². The molecule has 88 valence electrons. The second-order valence-corrected chi connectivity index (χ2v) is 4.19. The van der Waals surface area contributed by atoms with Gasteiger partial charge in [-0.1, -0.05) is 0 Å². The van der Waals surface area contributed by atoms with Gasteiger partial charge < -0.3 is 10.6 Å². The smallest absolute Gasteiger partial charge is 0.195 e. The average molecular weight is 294 g/mol. The number of nitrogens with one attached hydrogen (secondary N) is 2. The maximum atomic E-state index is 4.26. The summed E-state index contributed by atoms with van der Waals surface area (Å²) in [5.41, 5.74) is 2.23. The minimum absolute atomic E-state index is 0.670. The molecule has 0 aliphatic carbocycles. The van der Waals surface area contributed by atoms with Crippen LogP contribution in [0.25, 0.3) is 0 Å². The van der Waals surface area contributed by atoms with Crippen molar-refractivity contribution in [3.63, 3.8) is 0 Å². The number of rotatable bonds is 3. The molecule has 0 radical (unpaired) electrons. The fourth-order valence-electron chi connectivity index (χ4n) is 1.54. The molecule has 1 heterocycles. The lowest BCUT2D eigenvalue weighted by Crippen LogP contribution is -2.26. The molecule has 0 saturated heterocycles. The van der Waals surface area contributed by atoms with Crippen LogP contribution in [-0.4, -0.2) is 32.5 Å². The summed E-state index contributed by atoms with van der Waals surface area (Å²) < 4.78 is 0.800. The van der Waals surface area contributed by atoms with Crippen molar-refractivity contribution in [1.82, 2.24) is 5.32 Å². The Morgan fingerprint density at radius 2 is 2.18 bits per heavy atom. The molecule has 0 atom stereocenters. The van der Waals surface area contributed by atoms with Crippen LogP contribution in [0.4, 0.5) is 17.1 Å². The van der Waals surface area contributed by atoms with E-state index in [2.05, 4.69) is 55.0 Å². The Bertz CT molecular complexity index is 495. The van der Waals surface area contributed by atoms with E-state index in [9.17, 15) is 0 Å². The molecule has 1 aromatic carbocycles. The van der Waals surface area contributed by atoms with Crippen LogP contribution in [0.5, 0.6) is 0 Å². The molecule has 0 saturated carbocycles. The van der Waals surface area contributed by atoms with Crippen LogP contribution in [0.15, 0.2) is 31.6 Å². The van der Waals surface area contributed by atoms with Gasteiger partial charge in [-0.05, 0) is 41.5 Å². The van der Waals surface area contributed by atoms with Gasteiger partial charge >= 0.3 is 0 Å². The van der Waals surface area contributed by atoms with E-state index >= 15 is 0 Å². The number of hydrogen-bond donors (Lipinski definition) is 2. The molecular formula is C11H12BrN5. The van der Waals surface area contributed by atoms with Crippen molar-refractivity contribution in [2.45, 2.75) is 0 Å². The quantitative estimate of drug-likeness (QED) is 0.841. The summed E-state index contributed by atoms with van der Waals surface area (Å²) in [5, 5.41) is 6.31. The van der Waals surface area contributed by atoms with E-state index in [1.165, 1.54) is 0 Å². The van der Waals surface area contributed by atoms with Gasteiger partial charge in [0.2, 0.25) is 0 Å². The molecule has 1 aromatic rings. The molecule has 6 heteroatoms. The lowest BCUT2D eigenvalue weighted by Gasteiger charge is -2.11. The second-order valence-electron chi connectivity index (χ2n) is 3.39. The molecule has 0 spiro atoms. The van der Waals surface area contributed by atoms with Gasteiger partial charge in [0.05, 0.1) is 22.4 Å². The number of benzene rings is 1. The minimum Gasteiger partial charge on any atom is -0.354 e. The Balaban J connectivity index is 2.35. The second kappa shape index (κ2) is 5.09. The molecule has 0 unspecified atom stereocenters. The largest absolute Gasteiger partial charge is 0.354 e. The maximum absolute atomic E-state index is 4.26. The first kappa shape index (κ1) is 11.8. The fraction of sp³-hybridized carbons (Fsp3) is 0.182. The number of aliphatic imine (C=N–C) groups is 3. The van der Waals surface area contributed by atoms with Crippen molar-refractivity contribution >= 4 is 52.4 Å². The summed E-state index contributed by atoms with van der Waals surface area (Å²) in [6, 6.07) is 3.73. The number of hydrogen-bond acceptors (Lipinski definition) is 5. The Hall–Kier alpha value is -1.69.